The molecule has 38 heavy (non-hydrogen) atoms. The van der Waals surface area contributed by atoms with Gasteiger partial charge in [-0.2, -0.15) is 0 Å². The Hall–Kier alpha value is -1.59. The molecule has 0 heterocycles. The second kappa shape index (κ2) is 15.3. The summed E-state index contributed by atoms with van der Waals surface area (Å²) in [5, 5.41) is 0. The molecular formula is C32H62O6. The maximum atomic E-state index is 12.1. The van der Waals surface area contributed by atoms with Crippen LogP contribution in [0.5, 0.6) is 0 Å². The van der Waals surface area contributed by atoms with Crippen LogP contribution in [0.15, 0.2) is 0 Å². The fourth-order valence-corrected chi connectivity index (χ4v) is 7.31. The molecule has 0 aromatic rings. The van der Waals surface area contributed by atoms with Gasteiger partial charge < -0.3 is 14.2 Å². The highest BCUT2D eigenvalue weighted by Crippen LogP contribution is 2.56. The third kappa shape index (κ3) is 8.45. The van der Waals surface area contributed by atoms with Crippen molar-refractivity contribution < 1.29 is 28.6 Å². The molecule has 0 aromatic carbocycles. The maximum absolute atomic E-state index is 12.1. The first-order valence-corrected chi connectivity index (χ1v) is 13.4. The number of fused-ring (bicyclic) bond motifs is 4. The summed E-state index contributed by atoms with van der Waals surface area (Å²) in [6.07, 6.45) is 4.69. The zero-order valence-electron chi connectivity index (χ0n) is 22.5. The minimum Gasteiger partial charge on any atom is -0.460 e. The van der Waals surface area contributed by atoms with Crippen molar-refractivity contribution >= 4 is 17.9 Å². The highest BCUT2D eigenvalue weighted by Gasteiger charge is 2.52. The van der Waals surface area contributed by atoms with E-state index in [1.54, 1.807) is 6.92 Å². The van der Waals surface area contributed by atoms with E-state index >= 15 is 0 Å². The van der Waals surface area contributed by atoms with Gasteiger partial charge in [-0.1, -0.05) is 57.4 Å². The van der Waals surface area contributed by atoms with E-state index in [9.17, 15) is 14.4 Å². The predicted molar refractivity (Wildman–Crippen MR) is 156 cm³/mol. The first kappa shape index (κ1) is 38.6. The summed E-state index contributed by atoms with van der Waals surface area (Å²) in [6, 6.07) is 0. The molecule has 4 fully saturated rings. The van der Waals surface area contributed by atoms with E-state index in [1.807, 2.05) is 20.8 Å². The van der Waals surface area contributed by atoms with E-state index in [0.29, 0.717) is 36.2 Å². The van der Waals surface area contributed by atoms with Crippen molar-refractivity contribution in [2.45, 2.75) is 116 Å². The molecule has 0 radical (unpaired) electrons. The third-order valence-electron chi connectivity index (χ3n) is 9.51. The van der Waals surface area contributed by atoms with E-state index in [4.69, 9.17) is 9.47 Å². The van der Waals surface area contributed by atoms with Crippen LogP contribution in [0.25, 0.3) is 0 Å². The van der Waals surface area contributed by atoms with Gasteiger partial charge in [0.1, 0.15) is 5.60 Å². The van der Waals surface area contributed by atoms with E-state index in [2.05, 4.69) is 32.4 Å². The Morgan fingerprint density at radius 2 is 1.16 bits per heavy atom. The summed E-state index contributed by atoms with van der Waals surface area (Å²) in [6.45, 7) is 17.3. The van der Waals surface area contributed by atoms with Crippen molar-refractivity contribution in [3.05, 3.63) is 0 Å². The molecule has 226 valence electrons. The van der Waals surface area contributed by atoms with Gasteiger partial charge in [-0.15, -0.1) is 0 Å². The van der Waals surface area contributed by atoms with Gasteiger partial charge in [-0.3, -0.25) is 4.79 Å². The van der Waals surface area contributed by atoms with Gasteiger partial charge in [0, 0.05) is 0 Å². The quantitative estimate of drug-likeness (QED) is 0.205. The second-order valence-electron chi connectivity index (χ2n) is 12.4. The maximum Gasteiger partial charge on any atom is 0.417 e. The highest BCUT2D eigenvalue weighted by molar-refractivity contribution is 6.29. The normalized spacial score (nSPS) is 35.7. The summed E-state index contributed by atoms with van der Waals surface area (Å²) >= 11 is 0. The molecule has 6 nitrogen and oxygen atoms in total. The average Bonchev–Trinajstić information content (AvgIpc) is 3.50. The Bertz CT molecular complexity index is 752. The van der Waals surface area contributed by atoms with E-state index in [-0.39, 0.29) is 53.8 Å². The predicted octanol–water partition coefficient (Wildman–Crippen LogP) is 7.82. The van der Waals surface area contributed by atoms with Crippen molar-refractivity contribution in [2.75, 3.05) is 13.2 Å². The van der Waals surface area contributed by atoms with Crippen LogP contribution in [-0.2, 0) is 28.6 Å². The first-order valence-electron chi connectivity index (χ1n) is 13.4. The topological polar surface area (TPSA) is 78.9 Å². The Balaban J connectivity index is 0. The van der Waals surface area contributed by atoms with Crippen molar-refractivity contribution in [3.8, 4) is 0 Å². The van der Waals surface area contributed by atoms with Crippen molar-refractivity contribution in [1.29, 1.82) is 0 Å². The molecule has 10 atom stereocenters. The first-order chi connectivity index (χ1) is 15.8. The molecule has 0 saturated heterocycles. The van der Waals surface area contributed by atoms with Crippen LogP contribution < -0.4 is 0 Å². The third-order valence-corrected chi connectivity index (χ3v) is 9.51. The zero-order valence-corrected chi connectivity index (χ0v) is 22.5. The van der Waals surface area contributed by atoms with Gasteiger partial charge in [0.05, 0.1) is 19.1 Å². The second-order valence-corrected chi connectivity index (χ2v) is 12.4. The van der Waals surface area contributed by atoms with Crippen molar-refractivity contribution in [2.24, 2.45) is 59.2 Å². The SMILES string of the molecule is C.C.C.C.CC1C2CC(C(=O)OC(C)(C)C)C(C2)C1C.CCOC(=O)C(=O)OCC1CC2CC1C(C)C2C. The van der Waals surface area contributed by atoms with Crippen LogP contribution in [0.2, 0.25) is 0 Å². The van der Waals surface area contributed by atoms with Crippen LogP contribution in [0.4, 0.5) is 0 Å². The van der Waals surface area contributed by atoms with Gasteiger partial charge >= 0.3 is 17.9 Å². The summed E-state index contributed by atoms with van der Waals surface area (Å²) < 4.78 is 15.2. The van der Waals surface area contributed by atoms with E-state index in [0.717, 1.165) is 36.5 Å². The summed E-state index contributed by atoms with van der Waals surface area (Å²) in [5.41, 5.74) is -0.340. The lowest BCUT2D eigenvalue weighted by Crippen LogP contribution is -2.35. The van der Waals surface area contributed by atoms with Crippen LogP contribution in [0.1, 0.15) is 111 Å². The molecule has 6 heteroatoms. The van der Waals surface area contributed by atoms with Crippen molar-refractivity contribution in [3.63, 3.8) is 0 Å². The number of esters is 3. The molecule has 0 aromatic heterocycles. The fraction of sp³-hybridized carbons (Fsp3) is 0.906. The van der Waals surface area contributed by atoms with E-state index in [1.165, 1.54) is 12.8 Å². The fourth-order valence-electron chi connectivity index (χ4n) is 7.31. The largest absolute Gasteiger partial charge is 0.460 e. The Morgan fingerprint density at radius 3 is 1.58 bits per heavy atom. The zero-order chi connectivity index (χ0) is 25.4. The van der Waals surface area contributed by atoms with Gasteiger partial charge in [0.25, 0.3) is 0 Å². The minimum absolute atomic E-state index is 0. The molecule has 0 spiro atoms. The molecule has 4 saturated carbocycles. The number of rotatable bonds is 4. The molecule has 10 unspecified atom stereocenters. The number of carbonyl (C=O) groups excluding carboxylic acids is 3. The standard InChI is InChI=1S/C14H22O4.C14H24O2.4CH4/c1-4-17-13(15)14(16)18-7-11-5-10-6-12(11)9(3)8(10)2;1-8-9(2)11-6-10(8)7-12(11)13(15)16-14(3,4)5;;;;/h8-12H,4-7H2,1-3H3;8-12H,6-7H2,1-5H3;4*1H4. The van der Waals surface area contributed by atoms with Crippen LogP contribution >= 0.6 is 0 Å². The molecule has 0 amide bonds. The smallest absolute Gasteiger partial charge is 0.417 e. The molecule has 4 aliphatic rings. The van der Waals surface area contributed by atoms with Gasteiger partial charge in [0.15, 0.2) is 0 Å². The lowest BCUT2D eigenvalue weighted by atomic mass is 9.76. The molecular weight excluding hydrogens is 480 g/mol. The van der Waals surface area contributed by atoms with Gasteiger partial charge in [0.2, 0.25) is 0 Å². The highest BCUT2D eigenvalue weighted by atomic mass is 16.6. The lowest BCUT2D eigenvalue weighted by Gasteiger charge is -2.32. The van der Waals surface area contributed by atoms with Crippen LogP contribution in [-0.4, -0.2) is 36.7 Å². The van der Waals surface area contributed by atoms with Crippen LogP contribution in [0, 0.1) is 59.2 Å². The lowest BCUT2D eigenvalue weighted by molar-refractivity contribution is -0.168. The summed E-state index contributed by atoms with van der Waals surface area (Å²) in [5.74, 6) is 4.67. The molecule has 4 rings (SSSR count). The average molecular weight is 543 g/mol. The number of hydrogen-bond donors (Lipinski definition) is 0. The summed E-state index contributed by atoms with van der Waals surface area (Å²) in [4.78, 5) is 34.6. The van der Waals surface area contributed by atoms with Crippen molar-refractivity contribution in [1.82, 2.24) is 0 Å². The monoisotopic (exact) mass is 542 g/mol. The van der Waals surface area contributed by atoms with E-state index < -0.39 is 11.9 Å². The van der Waals surface area contributed by atoms with Crippen LogP contribution in [0.3, 0.4) is 0 Å². The molecule has 0 aliphatic heterocycles. The Morgan fingerprint density at radius 1 is 0.684 bits per heavy atom. The number of ether oxygens (including phenoxy) is 3. The van der Waals surface area contributed by atoms with Gasteiger partial charge in [-0.05, 0) is 107 Å². The molecule has 4 bridgehead atoms. The van der Waals surface area contributed by atoms with Gasteiger partial charge in [-0.25, -0.2) is 9.59 Å². The minimum atomic E-state index is -0.873. The molecule has 0 N–H and O–H groups in total. The Kier molecular flexibility index (Phi) is 15.5. The summed E-state index contributed by atoms with van der Waals surface area (Å²) in [7, 11) is 0. The number of carbonyl (C=O) groups is 3. The molecule has 4 aliphatic carbocycles. The number of hydrogen-bond acceptors (Lipinski definition) is 6. The Labute approximate surface area is 235 Å².